The highest BCUT2D eigenvalue weighted by atomic mass is 35.5. The van der Waals surface area contributed by atoms with Crippen LogP contribution in [0, 0.1) is 10.8 Å². The molecule has 0 aliphatic carbocycles. The molecule has 294 valence electrons. The summed E-state index contributed by atoms with van der Waals surface area (Å²) in [5, 5.41) is 3.37. The number of fused-ring (bicyclic) bond motifs is 1. The number of allylic oxidation sites excluding steroid dienone is 1. The van der Waals surface area contributed by atoms with E-state index in [2.05, 4.69) is 68.4 Å². The molecular weight excluding hydrogens is 740 g/mol. The Labute approximate surface area is 341 Å². The zero-order chi connectivity index (χ0) is 40.2. The first-order chi connectivity index (χ1) is 27.1. The number of nitrogens with zero attached hydrogens (tertiary/aromatic N) is 4. The molecule has 0 saturated heterocycles. The highest BCUT2D eigenvalue weighted by Gasteiger charge is 2.32. The lowest BCUT2D eigenvalue weighted by Gasteiger charge is -2.38. The van der Waals surface area contributed by atoms with Crippen molar-refractivity contribution in [2.75, 3.05) is 37.0 Å². The quantitative estimate of drug-likeness (QED) is 0.0406. The van der Waals surface area contributed by atoms with Crippen molar-refractivity contribution in [2.24, 2.45) is 11.1 Å². The summed E-state index contributed by atoms with van der Waals surface area (Å²) in [4.78, 5) is 55.6. The number of carbonyl (C=O) groups is 3. The van der Waals surface area contributed by atoms with E-state index >= 15 is 0 Å². The maximum absolute atomic E-state index is 13.3. The maximum Gasteiger partial charge on any atom is 0.316 e. The minimum absolute atomic E-state index is 0.0385. The van der Waals surface area contributed by atoms with Crippen LogP contribution in [-0.4, -0.2) is 50.3 Å². The van der Waals surface area contributed by atoms with Crippen molar-refractivity contribution in [1.82, 2.24) is 4.90 Å². The van der Waals surface area contributed by atoms with E-state index in [4.69, 9.17) is 11.6 Å². The fourth-order valence-corrected chi connectivity index (χ4v) is 8.23. The van der Waals surface area contributed by atoms with Gasteiger partial charge in [0.15, 0.2) is 0 Å². The number of amides is 3. The summed E-state index contributed by atoms with van der Waals surface area (Å²) in [5.74, 6) is 0.0848. The van der Waals surface area contributed by atoms with Crippen LogP contribution in [0.15, 0.2) is 101 Å². The average Bonchev–Trinajstić information content (AvgIpc) is 3.22. The molecule has 5 rings (SSSR count). The van der Waals surface area contributed by atoms with Crippen LogP contribution in [0.1, 0.15) is 98.7 Å². The van der Waals surface area contributed by atoms with Crippen molar-refractivity contribution in [3.05, 3.63) is 123 Å². The number of unbranched alkanes of at least 4 members (excludes halogenated alkanes) is 4. The summed E-state index contributed by atoms with van der Waals surface area (Å²) in [6.07, 6.45) is 10.8. The number of halogens is 1. The molecule has 3 amide bonds. The van der Waals surface area contributed by atoms with Crippen LogP contribution in [0.2, 0.25) is 5.02 Å². The van der Waals surface area contributed by atoms with Crippen LogP contribution in [-0.2, 0) is 15.3 Å². The van der Waals surface area contributed by atoms with Gasteiger partial charge in [-0.3, -0.25) is 14.4 Å². The first kappa shape index (κ1) is 42.4. The first-order valence-corrected chi connectivity index (χ1v) is 21.0. The van der Waals surface area contributed by atoms with E-state index in [9.17, 15) is 19.3 Å². The standard InChI is InChI=1S/C46H53ClN4O4S/c1-6-8-10-11-12-32(3)42-28-43(51(29-45(53)49(4)5)44-27-35(46(54)48-55)17-23-41(42)44)34-15-21-39(22-16-34)56-30-36-26-38(50(31-52)25-9-7-2)20-24-40(36)33-13-18-37(47)19-14-33/h13-24,26-28,31-32,42H,6-12,25,29-30H2,1-5H3. The molecule has 0 saturated carbocycles. The van der Waals surface area contributed by atoms with Gasteiger partial charge < -0.3 is 14.7 Å². The van der Waals surface area contributed by atoms with Crippen molar-refractivity contribution in [3.63, 3.8) is 0 Å². The molecule has 0 spiro atoms. The van der Waals surface area contributed by atoms with Crippen LogP contribution in [0.3, 0.4) is 0 Å². The Balaban J connectivity index is 1.49. The van der Waals surface area contributed by atoms with Gasteiger partial charge in [-0.25, -0.2) is 0 Å². The second-order valence-electron chi connectivity index (χ2n) is 14.8. The molecule has 1 heterocycles. The van der Waals surface area contributed by atoms with Gasteiger partial charge in [0, 0.05) is 70.0 Å². The molecule has 0 N–H and O–H groups in total. The Morgan fingerprint density at radius 3 is 2.27 bits per heavy atom. The largest absolute Gasteiger partial charge is 0.347 e. The third kappa shape index (κ3) is 10.6. The number of hydrogen-bond acceptors (Lipinski definition) is 6. The predicted molar refractivity (Wildman–Crippen MR) is 232 cm³/mol. The molecule has 0 bridgehead atoms. The van der Waals surface area contributed by atoms with Gasteiger partial charge in [-0.1, -0.05) is 107 Å². The van der Waals surface area contributed by atoms with Gasteiger partial charge >= 0.3 is 5.91 Å². The minimum Gasteiger partial charge on any atom is -0.347 e. The Kier molecular flexibility index (Phi) is 15.5. The fraction of sp³-hybridized carbons (Fsp3) is 0.370. The molecule has 4 aromatic rings. The summed E-state index contributed by atoms with van der Waals surface area (Å²) >= 11 is 7.94. The molecule has 56 heavy (non-hydrogen) atoms. The summed E-state index contributed by atoms with van der Waals surface area (Å²) in [5.41, 5.74) is 7.92. The minimum atomic E-state index is -0.835. The Bertz CT molecular complexity index is 2010. The van der Waals surface area contributed by atoms with Gasteiger partial charge in [0.1, 0.15) is 6.54 Å². The second kappa shape index (κ2) is 20.4. The molecule has 1 aliphatic heterocycles. The van der Waals surface area contributed by atoms with E-state index in [1.165, 1.54) is 19.3 Å². The molecule has 0 radical (unpaired) electrons. The fourth-order valence-electron chi connectivity index (χ4n) is 7.21. The number of likely N-dealkylation sites (N-methyl/N-ethyl adjacent to an activating group) is 1. The normalized spacial score (nSPS) is 14.1. The summed E-state index contributed by atoms with van der Waals surface area (Å²) in [6.45, 7) is 7.32. The number of thioether (sulfide) groups is 1. The highest BCUT2D eigenvalue weighted by molar-refractivity contribution is 7.98. The van der Waals surface area contributed by atoms with Gasteiger partial charge in [0.05, 0.1) is 0 Å². The molecule has 2 atom stereocenters. The van der Waals surface area contributed by atoms with E-state index in [1.807, 2.05) is 41.3 Å². The van der Waals surface area contributed by atoms with E-state index in [-0.39, 0.29) is 23.9 Å². The van der Waals surface area contributed by atoms with Crippen LogP contribution >= 0.6 is 23.4 Å². The molecule has 8 nitrogen and oxygen atoms in total. The smallest absolute Gasteiger partial charge is 0.316 e. The molecule has 4 aromatic carbocycles. The SMILES string of the molecule is CCCCCCC(C)C1C=C(c2ccc(SCc3cc(N(C=O)CCCC)ccc3-c3ccc(Cl)cc3)cc2)N(CC(=O)N(C)C)c2cc(C(=O)N=O)ccc21. The molecule has 2 unspecified atom stereocenters. The highest BCUT2D eigenvalue weighted by Crippen LogP contribution is 2.45. The van der Waals surface area contributed by atoms with Gasteiger partial charge in [-0.05, 0) is 95.1 Å². The maximum atomic E-state index is 13.3. The van der Waals surface area contributed by atoms with E-state index < -0.39 is 5.91 Å². The zero-order valence-electron chi connectivity index (χ0n) is 33.2. The lowest BCUT2D eigenvalue weighted by molar-refractivity contribution is -0.127. The second-order valence-corrected chi connectivity index (χ2v) is 16.2. The lowest BCUT2D eigenvalue weighted by atomic mass is 9.79. The molecular formula is C46H53ClN4O4S. The molecule has 10 heteroatoms. The molecule has 0 fully saturated rings. The third-order valence-corrected chi connectivity index (χ3v) is 11.9. The van der Waals surface area contributed by atoms with Crippen LogP contribution < -0.4 is 9.80 Å². The van der Waals surface area contributed by atoms with E-state index in [1.54, 1.807) is 47.8 Å². The summed E-state index contributed by atoms with van der Waals surface area (Å²) in [6, 6.07) is 27.7. The monoisotopic (exact) mass is 792 g/mol. The third-order valence-electron chi connectivity index (χ3n) is 10.6. The van der Waals surface area contributed by atoms with E-state index in [0.717, 1.165) is 81.9 Å². The van der Waals surface area contributed by atoms with Crippen LogP contribution in [0.25, 0.3) is 16.8 Å². The number of nitroso groups, excluding NO2 is 1. The van der Waals surface area contributed by atoms with Crippen LogP contribution in [0.4, 0.5) is 11.4 Å². The molecule has 0 aromatic heterocycles. The number of anilines is 2. The van der Waals surface area contributed by atoms with Gasteiger partial charge in [0.25, 0.3) is 0 Å². The van der Waals surface area contributed by atoms with Crippen molar-refractivity contribution >= 4 is 58.7 Å². The number of hydrogen-bond donors (Lipinski definition) is 0. The summed E-state index contributed by atoms with van der Waals surface area (Å²) in [7, 11) is 3.46. The number of benzene rings is 4. The zero-order valence-corrected chi connectivity index (χ0v) is 34.7. The van der Waals surface area contributed by atoms with Crippen molar-refractivity contribution < 1.29 is 14.4 Å². The first-order valence-electron chi connectivity index (χ1n) is 19.6. The van der Waals surface area contributed by atoms with Crippen molar-refractivity contribution in [2.45, 2.75) is 82.3 Å². The topological polar surface area (TPSA) is 90.4 Å². The Morgan fingerprint density at radius 2 is 1.61 bits per heavy atom. The van der Waals surface area contributed by atoms with Gasteiger partial charge in [-0.2, -0.15) is 0 Å². The van der Waals surface area contributed by atoms with Gasteiger partial charge in [0.2, 0.25) is 12.3 Å². The molecule has 1 aliphatic rings. The summed E-state index contributed by atoms with van der Waals surface area (Å²) < 4.78 is 0. The van der Waals surface area contributed by atoms with Crippen molar-refractivity contribution in [1.29, 1.82) is 0 Å². The average molecular weight is 793 g/mol. The van der Waals surface area contributed by atoms with Gasteiger partial charge in [-0.15, -0.1) is 16.7 Å². The Hall–Kier alpha value is -4.73. The van der Waals surface area contributed by atoms with E-state index in [0.29, 0.717) is 23.2 Å². The number of rotatable bonds is 19. The van der Waals surface area contributed by atoms with Crippen molar-refractivity contribution in [3.8, 4) is 11.1 Å². The number of carbonyl (C=O) groups excluding carboxylic acids is 3. The van der Waals surface area contributed by atoms with Crippen LogP contribution in [0.5, 0.6) is 0 Å². The Morgan fingerprint density at radius 1 is 0.893 bits per heavy atom. The predicted octanol–water partition coefficient (Wildman–Crippen LogP) is 11.6. The lowest BCUT2D eigenvalue weighted by Crippen LogP contribution is -2.38.